The molecule has 4 heteroatoms. The molecule has 4 nitrogen and oxygen atoms in total. The van der Waals surface area contributed by atoms with E-state index in [9.17, 15) is 9.59 Å². The van der Waals surface area contributed by atoms with Gasteiger partial charge in [-0.05, 0) is 23.8 Å². The monoisotopic (exact) mass is 255 g/mol. The first kappa shape index (κ1) is 12.8. The van der Waals surface area contributed by atoms with Crippen molar-refractivity contribution in [2.45, 2.75) is 6.61 Å². The van der Waals surface area contributed by atoms with Crippen molar-refractivity contribution in [2.24, 2.45) is 5.73 Å². The molecule has 2 rings (SSSR count). The Balaban J connectivity index is 2.04. The van der Waals surface area contributed by atoms with Crippen molar-refractivity contribution in [3.63, 3.8) is 0 Å². The highest BCUT2D eigenvalue weighted by atomic mass is 16.5. The lowest BCUT2D eigenvalue weighted by Crippen LogP contribution is -2.12. The van der Waals surface area contributed by atoms with E-state index in [1.807, 2.05) is 30.3 Å². The van der Waals surface area contributed by atoms with Gasteiger partial charge in [0.05, 0.1) is 5.56 Å². The molecule has 0 aromatic heterocycles. The first-order chi connectivity index (χ1) is 9.16. The van der Waals surface area contributed by atoms with Gasteiger partial charge in [0.15, 0.2) is 0 Å². The van der Waals surface area contributed by atoms with Crippen LogP contribution in [-0.4, -0.2) is 11.9 Å². The summed E-state index contributed by atoms with van der Waals surface area (Å²) in [5.41, 5.74) is 6.66. The van der Waals surface area contributed by atoms with E-state index in [-0.39, 0.29) is 12.2 Å². The number of esters is 1. The Morgan fingerprint density at radius 3 is 2.32 bits per heavy atom. The molecule has 0 bridgehead atoms. The maximum Gasteiger partial charge on any atom is 0.338 e. The summed E-state index contributed by atoms with van der Waals surface area (Å²) < 4.78 is 5.16. The summed E-state index contributed by atoms with van der Waals surface area (Å²) in [6, 6.07) is 15.5. The molecule has 19 heavy (non-hydrogen) atoms. The van der Waals surface area contributed by atoms with Gasteiger partial charge in [0.25, 0.3) is 0 Å². The lowest BCUT2D eigenvalue weighted by atomic mass is 10.1. The standard InChI is InChI=1S/C15H13NO3/c16-14(17)12-7-4-8-13(9-12)15(18)19-10-11-5-2-1-3-6-11/h1-9H,10H2,(H2,16,17). The van der Waals surface area contributed by atoms with Gasteiger partial charge < -0.3 is 10.5 Å². The van der Waals surface area contributed by atoms with Gasteiger partial charge in [0, 0.05) is 5.56 Å². The molecular formula is C15H13NO3. The predicted molar refractivity (Wildman–Crippen MR) is 70.5 cm³/mol. The fraction of sp³-hybridized carbons (Fsp3) is 0.0667. The summed E-state index contributed by atoms with van der Waals surface area (Å²) in [6.45, 7) is 0.195. The van der Waals surface area contributed by atoms with E-state index in [0.29, 0.717) is 5.56 Å². The number of amides is 1. The first-order valence-electron chi connectivity index (χ1n) is 5.78. The third-order valence-electron chi connectivity index (χ3n) is 2.60. The smallest absolute Gasteiger partial charge is 0.338 e. The molecular weight excluding hydrogens is 242 g/mol. The Labute approximate surface area is 110 Å². The molecule has 0 radical (unpaired) electrons. The molecule has 0 aliphatic carbocycles. The summed E-state index contributed by atoms with van der Waals surface area (Å²) in [6.07, 6.45) is 0. The van der Waals surface area contributed by atoms with Crippen molar-refractivity contribution in [3.05, 3.63) is 71.3 Å². The molecule has 0 spiro atoms. The van der Waals surface area contributed by atoms with Crippen LogP contribution in [0, 0.1) is 0 Å². The molecule has 0 saturated heterocycles. The van der Waals surface area contributed by atoms with Gasteiger partial charge in [-0.3, -0.25) is 4.79 Å². The molecule has 2 aromatic carbocycles. The average Bonchev–Trinajstić information content (AvgIpc) is 2.46. The van der Waals surface area contributed by atoms with E-state index >= 15 is 0 Å². The largest absolute Gasteiger partial charge is 0.457 e. The highest BCUT2D eigenvalue weighted by molar-refractivity contribution is 5.97. The van der Waals surface area contributed by atoms with Crippen LogP contribution < -0.4 is 5.73 Å². The predicted octanol–water partition coefficient (Wildman–Crippen LogP) is 2.14. The van der Waals surface area contributed by atoms with Crippen LogP contribution in [-0.2, 0) is 11.3 Å². The second-order valence-electron chi connectivity index (χ2n) is 4.01. The van der Waals surface area contributed by atoms with Crippen molar-refractivity contribution in [3.8, 4) is 0 Å². The Bertz CT molecular complexity index is 593. The Kier molecular flexibility index (Phi) is 3.93. The van der Waals surface area contributed by atoms with Crippen molar-refractivity contribution >= 4 is 11.9 Å². The molecule has 0 unspecified atom stereocenters. The van der Waals surface area contributed by atoms with Crippen LogP contribution in [0.2, 0.25) is 0 Å². The van der Waals surface area contributed by atoms with E-state index in [1.165, 1.54) is 6.07 Å². The minimum absolute atomic E-state index is 0.195. The molecule has 0 aliphatic rings. The number of nitrogens with two attached hydrogens (primary N) is 1. The minimum atomic E-state index is -0.572. The summed E-state index contributed by atoms with van der Waals surface area (Å²) in [5.74, 6) is -1.05. The molecule has 96 valence electrons. The van der Waals surface area contributed by atoms with Gasteiger partial charge >= 0.3 is 5.97 Å². The lowest BCUT2D eigenvalue weighted by molar-refractivity contribution is 0.0472. The van der Waals surface area contributed by atoms with Crippen LogP contribution in [0.1, 0.15) is 26.3 Å². The van der Waals surface area contributed by atoms with E-state index in [0.717, 1.165) is 5.56 Å². The first-order valence-corrected chi connectivity index (χ1v) is 5.78. The summed E-state index contributed by atoms with van der Waals surface area (Å²) in [4.78, 5) is 22.8. The number of rotatable bonds is 4. The van der Waals surface area contributed by atoms with Gasteiger partial charge in [-0.1, -0.05) is 36.4 Å². The van der Waals surface area contributed by atoms with Gasteiger partial charge in [0.1, 0.15) is 6.61 Å². The maximum atomic E-state index is 11.8. The van der Waals surface area contributed by atoms with Gasteiger partial charge in [-0.15, -0.1) is 0 Å². The topological polar surface area (TPSA) is 69.4 Å². The molecule has 0 aliphatic heterocycles. The maximum absolute atomic E-state index is 11.8. The molecule has 0 atom stereocenters. The summed E-state index contributed by atoms with van der Waals surface area (Å²) in [5, 5.41) is 0. The molecule has 0 saturated carbocycles. The fourth-order valence-corrected chi connectivity index (χ4v) is 1.61. The molecule has 0 heterocycles. The zero-order chi connectivity index (χ0) is 13.7. The van der Waals surface area contributed by atoms with Crippen molar-refractivity contribution in [2.75, 3.05) is 0 Å². The van der Waals surface area contributed by atoms with Crippen molar-refractivity contribution < 1.29 is 14.3 Å². The molecule has 0 fully saturated rings. The Hall–Kier alpha value is -2.62. The van der Waals surface area contributed by atoms with Crippen molar-refractivity contribution in [1.29, 1.82) is 0 Å². The molecule has 2 N–H and O–H groups in total. The number of ether oxygens (including phenoxy) is 1. The number of hydrogen-bond acceptors (Lipinski definition) is 3. The minimum Gasteiger partial charge on any atom is -0.457 e. The second kappa shape index (κ2) is 5.82. The van der Waals surface area contributed by atoms with Gasteiger partial charge in [-0.25, -0.2) is 4.79 Å². The van der Waals surface area contributed by atoms with E-state index in [2.05, 4.69) is 0 Å². The highest BCUT2D eigenvalue weighted by Crippen LogP contribution is 2.08. The quantitative estimate of drug-likeness (QED) is 0.851. The van der Waals surface area contributed by atoms with E-state index in [4.69, 9.17) is 10.5 Å². The lowest BCUT2D eigenvalue weighted by Gasteiger charge is -2.05. The van der Waals surface area contributed by atoms with Crippen LogP contribution in [0.25, 0.3) is 0 Å². The van der Waals surface area contributed by atoms with Crippen LogP contribution in [0.3, 0.4) is 0 Å². The van der Waals surface area contributed by atoms with Gasteiger partial charge in [-0.2, -0.15) is 0 Å². The van der Waals surface area contributed by atoms with Crippen molar-refractivity contribution in [1.82, 2.24) is 0 Å². The number of primary amides is 1. The number of carbonyl (C=O) groups is 2. The third kappa shape index (κ3) is 3.42. The zero-order valence-corrected chi connectivity index (χ0v) is 10.2. The molecule has 2 aromatic rings. The summed E-state index contributed by atoms with van der Waals surface area (Å²) >= 11 is 0. The van der Waals surface area contributed by atoms with Gasteiger partial charge in [0.2, 0.25) is 5.91 Å². The van der Waals surface area contributed by atoms with E-state index < -0.39 is 11.9 Å². The third-order valence-corrected chi connectivity index (χ3v) is 2.60. The van der Waals surface area contributed by atoms with E-state index in [1.54, 1.807) is 18.2 Å². The number of benzene rings is 2. The van der Waals surface area contributed by atoms with Crippen LogP contribution in [0.4, 0.5) is 0 Å². The normalized spacial score (nSPS) is 9.89. The number of carbonyl (C=O) groups excluding carboxylic acids is 2. The van der Waals surface area contributed by atoms with Crippen LogP contribution in [0.5, 0.6) is 0 Å². The SMILES string of the molecule is NC(=O)c1cccc(C(=O)OCc2ccccc2)c1. The molecule has 1 amide bonds. The van der Waals surface area contributed by atoms with Crippen LogP contribution >= 0.6 is 0 Å². The Morgan fingerprint density at radius 2 is 1.63 bits per heavy atom. The highest BCUT2D eigenvalue weighted by Gasteiger charge is 2.09. The average molecular weight is 255 g/mol. The second-order valence-corrected chi connectivity index (χ2v) is 4.01. The number of hydrogen-bond donors (Lipinski definition) is 1. The Morgan fingerprint density at radius 1 is 0.947 bits per heavy atom. The zero-order valence-electron chi connectivity index (χ0n) is 10.2. The summed E-state index contributed by atoms with van der Waals surface area (Å²) in [7, 11) is 0. The fourth-order valence-electron chi connectivity index (χ4n) is 1.61. The van der Waals surface area contributed by atoms with Crippen LogP contribution in [0.15, 0.2) is 54.6 Å².